The molecule has 2 aliphatic rings. The highest BCUT2D eigenvalue weighted by Crippen LogP contribution is 2.39. The molecule has 0 aromatic carbocycles. The fourth-order valence-electron chi connectivity index (χ4n) is 3.00. The van der Waals surface area contributed by atoms with Gasteiger partial charge < -0.3 is 4.57 Å². The second-order valence-electron chi connectivity index (χ2n) is 5.53. The summed E-state index contributed by atoms with van der Waals surface area (Å²) in [5.41, 5.74) is 0. The van der Waals surface area contributed by atoms with Gasteiger partial charge in [0.05, 0.1) is 0 Å². The van der Waals surface area contributed by atoms with Crippen LogP contribution in [0.2, 0.25) is 0 Å². The number of hydrogen-bond donors (Lipinski definition) is 1. The van der Waals surface area contributed by atoms with Crippen LogP contribution in [0.25, 0.3) is 0 Å². The van der Waals surface area contributed by atoms with E-state index in [4.69, 9.17) is 12.2 Å². The Morgan fingerprint density at radius 3 is 2.29 bits per heavy atom. The molecule has 0 unspecified atom stereocenters. The molecule has 1 N–H and O–H groups in total. The number of aromatic nitrogens is 3. The van der Waals surface area contributed by atoms with Crippen LogP contribution in [-0.2, 0) is 0 Å². The number of nitrogens with zero attached hydrogens (tertiary/aromatic N) is 2. The monoisotopic (exact) mass is 251 g/mol. The van der Waals surface area contributed by atoms with Crippen molar-refractivity contribution < 1.29 is 0 Å². The number of H-pyrrole nitrogens is 1. The summed E-state index contributed by atoms with van der Waals surface area (Å²) in [6, 6.07) is 0.654. The highest BCUT2D eigenvalue weighted by atomic mass is 32.1. The molecule has 0 atom stereocenters. The number of nitrogens with one attached hydrogen (secondary N) is 1. The molecule has 1 aromatic rings. The standard InChI is InChI=1S/C13H21N3S/c17-13-15-14-12(16(13)11-8-9-11)10-6-4-2-1-3-5-7-10/h10-11H,1-9H2,(H,15,17). The Bertz CT molecular complexity index is 422. The van der Waals surface area contributed by atoms with Gasteiger partial charge in [-0.05, 0) is 37.9 Å². The van der Waals surface area contributed by atoms with Crippen molar-refractivity contribution in [2.45, 2.75) is 69.7 Å². The van der Waals surface area contributed by atoms with Crippen molar-refractivity contribution in [3.63, 3.8) is 0 Å². The van der Waals surface area contributed by atoms with Gasteiger partial charge in [0.25, 0.3) is 0 Å². The third kappa shape index (κ3) is 2.46. The van der Waals surface area contributed by atoms with E-state index in [1.807, 2.05) is 0 Å². The van der Waals surface area contributed by atoms with Gasteiger partial charge in [0.2, 0.25) is 0 Å². The summed E-state index contributed by atoms with van der Waals surface area (Å²) < 4.78 is 3.14. The lowest BCUT2D eigenvalue weighted by Gasteiger charge is -2.19. The van der Waals surface area contributed by atoms with Gasteiger partial charge in [-0.2, -0.15) is 5.10 Å². The van der Waals surface area contributed by atoms with Crippen molar-refractivity contribution in [1.82, 2.24) is 14.8 Å². The van der Waals surface area contributed by atoms with E-state index in [0.29, 0.717) is 12.0 Å². The molecule has 0 radical (unpaired) electrons. The molecular weight excluding hydrogens is 230 g/mol. The van der Waals surface area contributed by atoms with Crippen LogP contribution >= 0.6 is 12.2 Å². The van der Waals surface area contributed by atoms with E-state index in [9.17, 15) is 0 Å². The molecule has 2 aliphatic carbocycles. The molecule has 2 saturated carbocycles. The molecule has 3 nitrogen and oxygen atoms in total. The first-order valence-electron chi connectivity index (χ1n) is 7.03. The third-order valence-corrected chi connectivity index (χ3v) is 4.40. The van der Waals surface area contributed by atoms with E-state index < -0.39 is 0 Å². The predicted molar refractivity (Wildman–Crippen MR) is 70.7 cm³/mol. The van der Waals surface area contributed by atoms with E-state index in [2.05, 4.69) is 14.8 Å². The lowest BCUT2D eigenvalue weighted by Crippen LogP contribution is -2.10. The highest BCUT2D eigenvalue weighted by Gasteiger charge is 2.30. The summed E-state index contributed by atoms with van der Waals surface area (Å²) in [5, 5.41) is 7.53. The van der Waals surface area contributed by atoms with Crippen molar-refractivity contribution in [3.8, 4) is 0 Å². The SMILES string of the molecule is S=c1[nH]nc(C2CCCCCCC2)n1C1CC1. The van der Waals surface area contributed by atoms with E-state index in [-0.39, 0.29) is 0 Å². The first kappa shape index (κ1) is 11.5. The van der Waals surface area contributed by atoms with Crippen molar-refractivity contribution in [3.05, 3.63) is 10.6 Å². The molecule has 0 aliphatic heterocycles. The van der Waals surface area contributed by atoms with Crippen LogP contribution in [0.5, 0.6) is 0 Å². The minimum Gasteiger partial charge on any atom is -0.301 e. The molecule has 17 heavy (non-hydrogen) atoms. The van der Waals surface area contributed by atoms with Crippen LogP contribution in [0.15, 0.2) is 0 Å². The maximum atomic E-state index is 5.36. The van der Waals surface area contributed by atoms with Crippen molar-refractivity contribution in [2.75, 3.05) is 0 Å². The summed E-state index contributed by atoms with van der Waals surface area (Å²) in [7, 11) is 0. The number of rotatable bonds is 2. The largest absolute Gasteiger partial charge is 0.301 e. The molecule has 4 heteroatoms. The van der Waals surface area contributed by atoms with E-state index >= 15 is 0 Å². The quantitative estimate of drug-likeness (QED) is 0.803. The molecular formula is C13H21N3S. The van der Waals surface area contributed by atoms with E-state index in [1.165, 1.54) is 63.6 Å². The second-order valence-corrected chi connectivity index (χ2v) is 5.92. The summed E-state index contributed by atoms with van der Waals surface area (Å²) in [4.78, 5) is 0. The fourth-order valence-corrected chi connectivity index (χ4v) is 3.29. The van der Waals surface area contributed by atoms with E-state index in [1.54, 1.807) is 0 Å². The Labute approximate surface area is 108 Å². The van der Waals surface area contributed by atoms with Gasteiger partial charge in [0, 0.05) is 12.0 Å². The Balaban J connectivity index is 1.83. The van der Waals surface area contributed by atoms with Gasteiger partial charge in [-0.15, -0.1) is 0 Å². The average molecular weight is 251 g/mol. The third-order valence-electron chi connectivity index (χ3n) is 4.11. The molecule has 0 spiro atoms. The fraction of sp³-hybridized carbons (Fsp3) is 0.846. The van der Waals surface area contributed by atoms with Gasteiger partial charge in [0.1, 0.15) is 5.82 Å². The summed E-state index contributed by atoms with van der Waals surface area (Å²) in [6.07, 6.45) is 12.1. The topological polar surface area (TPSA) is 33.6 Å². The predicted octanol–water partition coefficient (Wildman–Crippen LogP) is 4.10. The minimum absolute atomic E-state index is 0.642. The van der Waals surface area contributed by atoms with Crippen LogP contribution in [0.1, 0.15) is 75.6 Å². The molecule has 1 heterocycles. The van der Waals surface area contributed by atoms with Crippen LogP contribution < -0.4 is 0 Å². The molecule has 0 saturated heterocycles. The maximum absolute atomic E-state index is 5.36. The van der Waals surface area contributed by atoms with Crippen molar-refractivity contribution in [2.24, 2.45) is 0 Å². The van der Waals surface area contributed by atoms with Crippen molar-refractivity contribution >= 4 is 12.2 Å². The van der Waals surface area contributed by atoms with Crippen LogP contribution in [0.4, 0.5) is 0 Å². The first-order valence-corrected chi connectivity index (χ1v) is 7.44. The number of aromatic amines is 1. The lowest BCUT2D eigenvalue weighted by molar-refractivity contribution is 0.429. The Morgan fingerprint density at radius 1 is 1.00 bits per heavy atom. The van der Waals surface area contributed by atoms with Crippen molar-refractivity contribution in [1.29, 1.82) is 0 Å². The average Bonchev–Trinajstić information content (AvgIpc) is 3.03. The number of hydrogen-bond acceptors (Lipinski definition) is 2. The second kappa shape index (κ2) is 4.92. The van der Waals surface area contributed by atoms with Gasteiger partial charge in [-0.25, -0.2) is 0 Å². The summed E-state index contributed by atoms with van der Waals surface area (Å²) in [5.74, 6) is 1.89. The van der Waals surface area contributed by atoms with Gasteiger partial charge >= 0.3 is 0 Å². The normalized spacial score (nSPS) is 23.3. The van der Waals surface area contributed by atoms with Gasteiger partial charge in [-0.1, -0.05) is 32.1 Å². The van der Waals surface area contributed by atoms with Gasteiger partial charge in [-0.3, -0.25) is 5.10 Å². The van der Waals surface area contributed by atoms with E-state index in [0.717, 1.165) is 4.77 Å². The zero-order valence-corrected chi connectivity index (χ0v) is 11.1. The Morgan fingerprint density at radius 2 is 1.65 bits per heavy atom. The Kier molecular flexibility index (Phi) is 3.32. The molecule has 2 fully saturated rings. The van der Waals surface area contributed by atoms with Gasteiger partial charge in [0.15, 0.2) is 4.77 Å². The van der Waals surface area contributed by atoms with Crippen LogP contribution in [0.3, 0.4) is 0 Å². The smallest absolute Gasteiger partial charge is 0.195 e. The summed E-state index contributed by atoms with van der Waals surface area (Å²) >= 11 is 5.36. The zero-order valence-electron chi connectivity index (χ0n) is 10.3. The molecule has 0 bridgehead atoms. The molecule has 94 valence electrons. The molecule has 0 amide bonds. The molecule has 3 rings (SSSR count). The highest BCUT2D eigenvalue weighted by molar-refractivity contribution is 7.71. The lowest BCUT2D eigenvalue weighted by atomic mass is 9.90. The molecule has 1 aromatic heterocycles. The minimum atomic E-state index is 0.642. The van der Waals surface area contributed by atoms with Crippen LogP contribution in [-0.4, -0.2) is 14.8 Å². The maximum Gasteiger partial charge on any atom is 0.195 e. The summed E-state index contributed by atoms with van der Waals surface area (Å²) in [6.45, 7) is 0. The Hall–Kier alpha value is -0.640. The van der Waals surface area contributed by atoms with Crippen LogP contribution in [0, 0.1) is 4.77 Å². The first-order chi connectivity index (χ1) is 8.36. The zero-order chi connectivity index (χ0) is 11.7.